The van der Waals surface area contributed by atoms with Crippen LogP contribution in [0.1, 0.15) is 11.1 Å². The molecule has 0 bridgehead atoms. The summed E-state index contributed by atoms with van der Waals surface area (Å²) in [5.41, 5.74) is 7.58. The molecule has 1 aliphatic rings. The van der Waals surface area contributed by atoms with Gasteiger partial charge in [0.1, 0.15) is 11.5 Å². The van der Waals surface area contributed by atoms with Crippen LogP contribution in [0.3, 0.4) is 0 Å². The van der Waals surface area contributed by atoms with Gasteiger partial charge in [0, 0.05) is 22.8 Å². The Hall–Kier alpha value is -2.09. The molecule has 2 aromatic carbocycles. The third kappa shape index (κ3) is 2.74. The van der Waals surface area contributed by atoms with Gasteiger partial charge in [0.2, 0.25) is 0 Å². The Balaban J connectivity index is 2.02. The van der Waals surface area contributed by atoms with Crippen molar-refractivity contribution in [2.75, 3.05) is 0 Å². The summed E-state index contributed by atoms with van der Waals surface area (Å²) in [5, 5.41) is 0. The summed E-state index contributed by atoms with van der Waals surface area (Å²) in [6.07, 6.45) is 0. The van der Waals surface area contributed by atoms with Crippen molar-refractivity contribution in [2.24, 2.45) is 5.50 Å². The topological polar surface area (TPSA) is 52.3 Å². The Bertz CT molecular complexity index is 661. The molecule has 0 unspecified atom stereocenters. The minimum atomic E-state index is -2.98. The van der Waals surface area contributed by atoms with Gasteiger partial charge in [-0.2, -0.15) is 0 Å². The molecule has 1 aliphatic heterocycles. The lowest BCUT2D eigenvalue weighted by Crippen LogP contribution is -2.02. The summed E-state index contributed by atoms with van der Waals surface area (Å²) in [7, 11) is -2.98. The lowest BCUT2D eigenvalue weighted by atomic mass is 10.2. The first-order valence-corrected chi connectivity index (χ1v) is 8.18. The quantitative estimate of drug-likeness (QED) is 0.838. The maximum absolute atomic E-state index is 12.3. The number of rotatable bonds is 2. The molecule has 1 heterocycles. The first-order valence-electron chi connectivity index (χ1n) is 6.26. The molecule has 20 heavy (non-hydrogen) atoms. The lowest BCUT2D eigenvalue weighted by Gasteiger charge is -2.20. The summed E-state index contributed by atoms with van der Waals surface area (Å²) in [6, 6.07) is 19.1. The molecule has 0 fully saturated rings. The molecule has 3 nitrogen and oxygen atoms in total. The molecule has 100 valence electrons. The van der Waals surface area contributed by atoms with Gasteiger partial charge in [-0.15, -0.1) is 0 Å². The van der Waals surface area contributed by atoms with Gasteiger partial charge in [-0.3, -0.25) is 10.1 Å². The van der Waals surface area contributed by atoms with Crippen molar-refractivity contribution in [2.45, 2.75) is 0 Å². The van der Waals surface area contributed by atoms with Crippen molar-refractivity contribution >= 4 is 18.8 Å². The van der Waals surface area contributed by atoms with Crippen LogP contribution in [0.2, 0.25) is 0 Å². The van der Waals surface area contributed by atoms with Crippen molar-refractivity contribution in [3.8, 4) is 0 Å². The van der Waals surface area contributed by atoms with Crippen LogP contribution in [-0.4, -0.2) is 0 Å². The monoisotopic (exact) mass is 283 g/mol. The second kappa shape index (κ2) is 5.12. The Morgan fingerprint density at radius 1 is 0.750 bits per heavy atom. The summed E-state index contributed by atoms with van der Waals surface area (Å²) < 4.78 is 18.2. The van der Waals surface area contributed by atoms with E-state index >= 15 is 0 Å². The second-order valence-electron chi connectivity index (χ2n) is 4.58. The normalized spacial score (nSPS) is 16.9. The highest BCUT2D eigenvalue weighted by Gasteiger charge is 2.22. The molecule has 0 atom stereocenters. The Morgan fingerprint density at radius 2 is 1.15 bits per heavy atom. The van der Waals surface area contributed by atoms with Gasteiger partial charge in [-0.1, -0.05) is 60.7 Å². The first-order chi connectivity index (χ1) is 9.64. The Morgan fingerprint density at radius 3 is 1.55 bits per heavy atom. The van der Waals surface area contributed by atoms with Gasteiger partial charge in [0.05, 0.1) is 0 Å². The average Bonchev–Trinajstić information content (AvgIpc) is 2.47. The standard InChI is InChI=1S/C16H14NO2P/c17-20(18)11-15(13-7-3-1-4-8-13)19-16(12-20)14-9-5-2-6-10-14/h1-12H,(H2,17,18). The first kappa shape index (κ1) is 12.9. The van der Waals surface area contributed by atoms with E-state index in [2.05, 4.69) is 0 Å². The van der Waals surface area contributed by atoms with Gasteiger partial charge in [-0.25, -0.2) is 0 Å². The molecule has 0 amide bonds. The number of hydrogen-bond donors (Lipinski definition) is 1. The SMILES string of the molecule is NP1(=O)C=C(c2ccccc2)OC(c2ccccc2)=C1. The highest BCUT2D eigenvalue weighted by Crippen LogP contribution is 2.50. The van der Waals surface area contributed by atoms with Gasteiger partial charge >= 0.3 is 0 Å². The molecule has 0 spiro atoms. The fourth-order valence-electron chi connectivity index (χ4n) is 2.05. The zero-order valence-corrected chi connectivity index (χ0v) is 11.7. The van der Waals surface area contributed by atoms with E-state index < -0.39 is 7.29 Å². The molecular weight excluding hydrogens is 269 g/mol. The van der Waals surface area contributed by atoms with Crippen molar-refractivity contribution in [1.29, 1.82) is 0 Å². The van der Waals surface area contributed by atoms with Gasteiger partial charge in [-0.05, 0) is 0 Å². The summed E-state index contributed by atoms with van der Waals surface area (Å²) in [6.45, 7) is 0. The van der Waals surface area contributed by atoms with Crippen LogP contribution in [0.15, 0.2) is 72.3 Å². The molecule has 0 saturated heterocycles. The summed E-state index contributed by atoms with van der Waals surface area (Å²) in [4.78, 5) is 0. The second-order valence-corrected chi connectivity index (χ2v) is 6.63. The van der Waals surface area contributed by atoms with Crippen LogP contribution in [-0.2, 0) is 9.30 Å². The molecule has 0 aliphatic carbocycles. The van der Waals surface area contributed by atoms with Crippen LogP contribution in [0, 0.1) is 0 Å². The number of hydrogen-bond acceptors (Lipinski definition) is 2. The van der Waals surface area contributed by atoms with Crippen LogP contribution >= 0.6 is 7.29 Å². The van der Waals surface area contributed by atoms with Crippen molar-refractivity contribution < 1.29 is 9.30 Å². The predicted octanol–water partition coefficient (Wildman–Crippen LogP) is 4.25. The van der Waals surface area contributed by atoms with Crippen LogP contribution < -0.4 is 5.50 Å². The molecule has 0 aromatic heterocycles. The van der Waals surface area contributed by atoms with Crippen LogP contribution in [0.5, 0.6) is 0 Å². The van der Waals surface area contributed by atoms with E-state index in [0.717, 1.165) is 11.1 Å². The average molecular weight is 283 g/mol. The molecule has 3 rings (SSSR count). The van der Waals surface area contributed by atoms with Gasteiger partial charge in [0.25, 0.3) is 0 Å². The van der Waals surface area contributed by atoms with Crippen LogP contribution in [0.4, 0.5) is 0 Å². The highest BCUT2D eigenvalue weighted by atomic mass is 31.2. The summed E-state index contributed by atoms with van der Waals surface area (Å²) in [5.74, 6) is 4.10. The Kier molecular flexibility index (Phi) is 3.31. The molecule has 4 heteroatoms. The van der Waals surface area contributed by atoms with E-state index in [4.69, 9.17) is 10.2 Å². The maximum Gasteiger partial charge on any atom is 0.195 e. The largest absolute Gasteiger partial charge is 0.456 e. The molecular formula is C16H14NO2P. The van der Waals surface area contributed by atoms with E-state index in [1.54, 1.807) is 0 Å². The van der Waals surface area contributed by atoms with Gasteiger partial charge < -0.3 is 4.74 Å². The van der Waals surface area contributed by atoms with Crippen molar-refractivity contribution in [3.05, 3.63) is 83.4 Å². The zero-order valence-electron chi connectivity index (χ0n) is 10.8. The van der Waals surface area contributed by atoms with E-state index in [0.29, 0.717) is 11.5 Å². The predicted molar refractivity (Wildman–Crippen MR) is 81.7 cm³/mol. The smallest absolute Gasteiger partial charge is 0.195 e. The van der Waals surface area contributed by atoms with E-state index in [1.165, 1.54) is 11.6 Å². The van der Waals surface area contributed by atoms with E-state index in [9.17, 15) is 4.57 Å². The highest BCUT2D eigenvalue weighted by molar-refractivity contribution is 7.68. The molecule has 0 saturated carbocycles. The summed E-state index contributed by atoms with van der Waals surface area (Å²) >= 11 is 0. The molecule has 2 N–H and O–H groups in total. The minimum absolute atomic E-state index is 0.540. The minimum Gasteiger partial charge on any atom is -0.456 e. The molecule has 0 radical (unpaired) electrons. The lowest BCUT2D eigenvalue weighted by molar-refractivity contribution is 0.469. The van der Waals surface area contributed by atoms with Crippen molar-refractivity contribution in [1.82, 2.24) is 0 Å². The van der Waals surface area contributed by atoms with E-state index in [-0.39, 0.29) is 0 Å². The Labute approximate surface area is 117 Å². The fourth-order valence-corrected chi connectivity index (χ4v) is 3.26. The van der Waals surface area contributed by atoms with Crippen LogP contribution in [0.25, 0.3) is 11.5 Å². The fraction of sp³-hybridized carbons (Fsp3) is 0. The third-order valence-electron chi connectivity index (χ3n) is 2.97. The van der Waals surface area contributed by atoms with Gasteiger partial charge in [0.15, 0.2) is 7.29 Å². The number of ether oxygens (including phenoxy) is 1. The van der Waals surface area contributed by atoms with E-state index in [1.807, 2.05) is 60.7 Å². The number of nitrogens with two attached hydrogens (primary N) is 1. The zero-order chi connectivity index (χ0) is 14.0. The maximum atomic E-state index is 12.3. The third-order valence-corrected chi connectivity index (χ3v) is 4.25. The number of benzene rings is 2. The molecule has 2 aromatic rings. The van der Waals surface area contributed by atoms with Crippen molar-refractivity contribution in [3.63, 3.8) is 0 Å².